The fourth-order valence-corrected chi connectivity index (χ4v) is 0.864. The Bertz CT molecular complexity index is 429. The third-order valence-electron chi connectivity index (χ3n) is 1.39. The molecule has 1 N–H and O–H groups in total. The molecule has 2 aromatic rings. The lowest BCUT2D eigenvalue weighted by atomic mass is 10.3. The molecule has 4 heteroatoms. The molecule has 11 heavy (non-hydrogen) atoms. The van der Waals surface area contributed by atoms with Crippen LogP contribution < -0.4 is 5.56 Å². The lowest BCUT2D eigenvalue weighted by molar-refractivity contribution is 1.16. The molecular weight excluding hydrogens is 142 g/mol. The molecule has 2 heterocycles. The van der Waals surface area contributed by atoms with E-state index in [1.807, 2.05) is 0 Å². The molecule has 0 aliphatic rings. The van der Waals surface area contributed by atoms with Crippen molar-refractivity contribution in [2.45, 2.75) is 0 Å². The summed E-state index contributed by atoms with van der Waals surface area (Å²) in [5.41, 5.74) is 0.445. The van der Waals surface area contributed by atoms with Gasteiger partial charge in [-0.1, -0.05) is 0 Å². The first kappa shape index (κ1) is 6.03. The van der Waals surface area contributed by atoms with Crippen LogP contribution in [0.15, 0.2) is 23.4 Å². The van der Waals surface area contributed by atoms with Crippen LogP contribution in [0.3, 0.4) is 0 Å². The van der Waals surface area contributed by atoms with Gasteiger partial charge in [0.05, 0.1) is 23.4 Å². The maximum Gasteiger partial charge on any atom is 0.260 e. The Balaban J connectivity index is 3.03. The zero-order valence-corrected chi connectivity index (χ0v) is 5.53. The molecule has 1 radical (unpaired) electrons. The van der Waals surface area contributed by atoms with Gasteiger partial charge in [0, 0.05) is 6.20 Å². The molecule has 0 saturated carbocycles. The summed E-state index contributed by atoms with van der Waals surface area (Å²) in [6.07, 6.45) is 5.40. The third kappa shape index (κ3) is 0.881. The number of hydrogen-bond acceptors (Lipinski definition) is 3. The van der Waals surface area contributed by atoms with E-state index in [0.29, 0.717) is 10.9 Å². The van der Waals surface area contributed by atoms with Crippen LogP contribution >= 0.6 is 0 Å². The number of aromatic nitrogens is 3. The van der Waals surface area contributed by atoms with Crippen LogP contribution in [0.1, 0.15) is 0 Å². The Morgan fingerprint density at radius 3 is 3.27 bits per heavy atom. The van der Waals surface area contributed by atoms with Crippen LogP contribution in [0.25, 0.3) is 10.9 Å². The number of rotatable bonds is 0. The van der Waals surface area contributed by atoms with Crippen LogP contribution in [-0.2, 0) is 0 Å². The summed E-state index contributed by atoms with van der Waals surface area (Å²) in [5.74, 6) is 0. The lowest BCUT2D eigenvalue weighted by Gasteiger charge is -1.90. The van der Waals surface area contributed by atoms with E-state index in [1.54, 1.807) is 6.07 Å². The van der Waals surface area contributed by atoms with E-state index < -0.39 is 0 Å². The van der Waals surface area contributed by atoms with Gasteiger partial charge in [-0.05, 0) is 6.07 Å². The Kier molecular flexibility index (Phi) is 1.18. The molecule has 0 amide bonds. The van der Waals surface area contributed by atoms with Gasteiger partial charge < -0.3 is 4.98 Å². The highest BCUT2D eigenvalue weighted by Gasteiger charge is 1.95. The molecule has 0 aliphatic carbocycles. The van der Waals surface area contributed by atoms with E-state index in [-0.39, 0.29) is 5.56 Å². The minimum atomic E-state index is -0.170. The molecule has 4 nitrogen and oxygen atoms in total. The van der Waals surface area contributed by atoms with E-state index in [0.717, 1.165) is 0 Å². The quantitative estimate of drug-likeness (QED) is 0.574. The van der Waals surface area contributed by atoms with Gasteiger partial charge in [-0.3, -0.25) is 9.78 Å². The minimum absolute atomic E-state index is 0.170. The molecule has 2 rings (SSSR count). The number of fused-ring (bicyclic) bond motifs is 1. The molecule has 0 fully saturated rings. The maximum absolute atomic E-state index is 11.0. The zero-order valence-electron chi connectivity index (χ0n) is 5.53. The summed E-state index contributed by atoms with van der Waals surface area (Å²) in [5, 5.41) is 0.492. The van der Waals surface area contributed by atoms with Crippen molar-refractivity contribution < 1.29 is 0 Å². The first-order valence-corrected chi connectivity index (χ1v) is 3.07. The molecule has 2 aromatic heterocycles. The molecule has 0 bridgehead atoms. The van der Waals surface area contributed by atoms with Crippen molar-refractivity contribution in [3.05, 3.63) is 35.1 Å². The zero-order chi connectivity index (χ0) is 7.68. The van der Waals surface area contributed by atoms with Crippen molar-refractivity contribution in [1.82, 2.24) is 15.0 Å². The summed E-state index contributed by atoms with van der Waals surface area (Å²) >= 11 is 0. The van der Waals surface area contributed by atoms with Gasteiger partial charge in [0.15, 0.2) is 0 Å². The molecule has 0 aromatic carbocycles. The minimum Gasteiger partial charge on any atom is -0.313 e. The first-order chi connectivity index (χ1) is 5.38. The molecular formula is C7H4N3O. The van der Waals surface area contributed by atoms with Crippen molar-refractivity contribution in [3.8, 4) is 0 Å². The van der Waals surface area contributed by atoms with Gasteiger partial charge in [-0.2, -0.15) is 0 Å². The van der Waals surface area contributed by atoms with E-state index in [4.69, 9.17) is 0 Å². The monoisotopic (exact) mass is 146 g/mol. The lowest BCUT2D eigenvalue weighted by Crippen LogP contribution is -2.05. The van der Waals surface area contributed by atoms with E-state index in [9.17, 15) is 4.79 Å². The topological polar surface area (TPSA) is 58.6 Å². The first-order valence-electron chi connectivity index (χ1n) is 3.07. The predicted octanol–water partition coefficient (Wildman–Crippen LogP) is 0.118. The van der Waals surface area contributed by atoms with Crippen LogP contribution in [-0.4, -0.2) is 15.0 Å². The smallest absolute Gasteiger partial charge is 0.260 e. The van der Waals surface area contributed by atoms with Crippen LogP contribution in [0.4, 0.5) is 0 Å². The predicted molar refractivity (Wildman–Crippen MR) is 39.0 cm³/mol. The number of nitrogens with one attached hydrogen (secondary N) is 1. The highest BCUT2D eigenvalue weighted by Crippen LogP contribution is 1.99. The number of hydrogen-bond donors (Lipinski definition) is 1. The number of nitrogens with zero attached hydrogens (tertiary/aromatic N) is 2. The fourth-order valence-electron chi connectivity index (χ4n) is 0.864. The highest BCUT2D eigenvalue weighted by atomic mass is 16.1. The third-order valence-corrected chi connectivity index (χ3v) is 1.39. The van der Waals surface area contributed by atoms with Crippen molar-refractivity contribution in [2.24, 2.45) is 0 Å². The van der Waals surface area contributed by atoms with Crippen molar-refractivity contribution in [3.63, 3.8) is 0 Å². The van der Waals surface area contributed by atoms with Gasteiger partial charge in [0.2, 0.25) is 0 Å². The second kappa shape index (κ2) is 2.16. The summed E-state index contributed by atoms with van der Waals surface area (Å²) in [7, 11) is 0. The molecule has 0 spiro atoms. The molecule has 0 saturated heterocycles. The van der Waals surface area contributed by atoms with Gasteiger partial charge in [0.1, 0.15) is 0 Å². The number of pyridine rings is 1. The molecule has 0 unspecified atom stereocenters. The maximum atomic E-state index is 11.0. The molecule has 53 valence electrons. The summed E-state index contributed by atoms with van der Waals surface area (Å²) < 4.78 is 0. The standard InChI is InChI=1S/C7H4N3O/c11-7-5-3-8-2-1-6(5)9-4-10-7/h1,3-4H,(H,9,10,11). The second-order valence-corrected chi connectivity index (χ2v) is 2.06. The Morgan fingerprint density at radius 2 is 2.45 bits per heavy atom. The number of aromatic amines is 1. The highest BCUT2D eigenvalue weighted by molar-refractivity contribution is 5.75. The summed E-state index contributed by atoms with van der Waals surface area (Å²) in [6.45, 7) is 0. The van der Waals surface area contributed by atoms with Gasteiger partial charge in [-0.15, -0.1) is 0 Å². The number of H-pyrrole nitrogens is 1. The van der Waals surface area contributed by atoms with Crippen molar-refractivity contribution >= 4 is 10.9 Å². The Labute approximate surface area is 61.9 Å². The van der Waals surface area contributed by atoms with E-state index in [1.165, 1.54) is 12.5 Å². The normalized spacial score (nSPS) is 10.2. The SMILES string of the molecule is O=c1[nH]cnc2c[c]ncc12. The largest absolute Gasteiger partial charge is 0.313 e. The van der Waals surface area contributed by atoms with Gasteiger partial charge >= 0.3 is 0 Å². The van der Waals surface area contributed by atoms with E-state index in [2.05, 4.69) is 21.1 Å². The average Bonchev–Trinajstić information content (AvgIpc) is 2.06. The summed E-state index contributed by atoms with van der Waals surface area (Å²) in [4.78, 5) is 21.1. The average molecular weight is 146 g/mol. The second-order valence-electron chi connectivity index (χ2n) is 2.06. The fraction of sp³-hybridized carbons (Fsp3) is 0. The molecule has 0 atom stereocenters. The van der Waals surface area contributed by atoms with Crippen LogP contribution in [0.2, 0.25) is 0 Å². The van der Waals surface area contributed by atoms with Crippen molar-refractivity contribution in [2.75, 3.05) is 0 Å². The van der Waals surface area contributed by atoms with Crippen molar-refractivity contribution in [1.29, 1.82) is 0 Å². The van der Waals surface area contributed by atoms with Gasteiger partial charge in [-0.25, -0.2) is 4.98 Å². The Morgan fingerprint density at radius 1 is 1.55 bits per heavy atom. The van der Waals surface area contributed by atoms with Crippen LogP contribution in [0.5, 0.6) is 0 Å². The Hall–Kier alpha value is -1.71. The van der Waals surface area contributed by atoms with Crippen LogP contribution in [0, 0.1) is 6.20 Å². The van der Waals surface area contributed by atoms with Gasteiger partial charge in [0.25, 0.3) is 5.56 Å². The summed E-state index contributed by atoms with van der Waals surface area (Å²) in [6, 6.07) is 1.57. The van der Waals surface area contributed by atoms with E-state index >= 15 is 0 Å². The molecule has 0 aliphatic heterocycles.